The Morgan fingerprint density at radius 1 is 1.35 bits per heavy atom. The summed E-state index contributed by atoms with van der Waals surface area (Å²) in [6.45, 7) is 5.57. The highest BCUT2D eigenvalue weighted by Crippen LogP contribution is 2.29. The van der Waals surface area contributed by atoms with Crippen molar-refractivity contribution in [3.8, 4) is 0 Å². The largest absolute Gasteiger partial charge is 0.330 e. The Kier molecular flexibility index (Phi) is 3.12. The highest BCUT2D eigenvalue weighted by Gasteiger charge is 2.26. The molecule has 1 aliphatic rings. The van der Waals surface area contributed by atoms with E-state index in [2.05, 4.69) is 10.3 Å². The molecule has 0 saturated carbocycles. The van der Waals surface area contributed by atoms with Gasteiger partial charge < -0.3 is 5.32 Å². The van der Waals surface area contributed by atoms with E-state index in [1.165, 1.54) is 23.9 Å². The number of anilines is 1. The second kappa shape index (κ2) is 4.29. The summed E-state index contributed by atoms with van der Waals surface area (Å²) in [6, 6.07) is 2.68. The van der Waals surface area contributed by atoms with Crippen LogP contribution in [0.2, 0.25) is 0 Å². The lowest BCUT2D eigenvalue weighted by molar-refractivity contribution is 0.584. The van der Waals surface area contributed by atoms with E-state index in [1.54, 1.807) is 6.92 Å². The maximum absolute atomic E-state index is 13.7. The Morgan fingerprint density at radius 2 is 2.06 bits per heavy atom. The number of nitrogens with one attached hydrogen (secondary N) is 1. The zero-order chi connectivity index (χ0) is 12.6. The number of aliphatic imine (C=N–C) groups is 1. The Hall–Kier alpha value is -1.10. The average molecular weight is 256 g/mol. The lowest BCUT2D eigenvalue weighted by Crippen LogP contribution is -2.15. The molecule has 1 N–H and O–H groups in total. The van der Waals surface area contributed by atoms with E-state index >= 15 is 0 Å². The number of benzene rings is 1. The summed E-state index contributed by atoms with van der Waals surface area (Å²) in [7, 11) is 0. The van der Waals surface area contributed by atoms with Gasteiger partial charge in [-0.2, -0.15) is 0 Å². The third kappa shape index (κ3) is 2.60. The van der Waals surface area contributed by atoms with Gasteiger partial charge in [0, 0.05) is 5.75 Å². The summed E-state index contributed by atoms with van der Waals surface area (Å²) in [5, 5.41) is 3.30. The van der Waals surface area contributed by atoms with Gasteiger partial charge in [0.1, 0.15) is 11.5 Å². The molecule has 0 aromatic heterocycles. The fraction of sp³-hybridized carbons (Fsp3) is 0.417. The van der Waals surface area contributed by atoms with Crippen LogP contribution in [-0.4, -0.2) is 16.5 Å². The summed E-state index contributed by atoms with van der Waals surface area (Å²) in [6.07, 6.45) is 0. The second-order valence-corrected chi connectivity index (χ2v) is 5.66. The third-order valence-corrected chi connectivity index (χ3v) is 3.80. The SMILES string of the molecule is Cc1ccc(F)c(NC2=NC(C)(C)CS2)c1F. The van der Waals surface area contributed by atoms with Crippen molar-refractivity contribution in [2.45, 2.75) is 26.3 Å². The fourth-order valence-corrected chi connectivity index (χ4v) is 2.57. The van der Waals surface area contributed by atoms with Crippen LogP contribution in [0.5, 0.6) is 0 Å². The van der Waals surface area contributed by atoms with Crippen molar-refractivity contribution in [1.29, 1.82) is 0 Å². The smallest absolute Gasteiger partial charge is 0.161 e. The Balaban J connectivity index is 2.29. The van der Waals surface area contributed by atoms with Crippen molar-refractivity contribution < 1.29 is 8.78 Å². The van der Waals surface area contributed by atoms with Gasteiger partial charge in [0.15, 0.2) is 11.0 Å². The second-order valence-electron chi connectivity index (χ2n) is 4.70. The molecule has 0 unspecified atom stereocenters. The number of nitrogens with zero attached hydrogens (tertiary/aromatic N) is 1. The first-order valence-corrected chi connectivity index (χ1v) is 6.32. The third-order valence-electron chi connectivity index (χ3n) is 2.48. The van der Waals surface area contributed by atoms with Gasteiger partial charge in [0.2, 0.25) is 0 Å². The van der Waals surface area contributed by atoms with Crippen LogP contribution >= 0.6 is 11.8 Å². The van der Waals surface area contributed by atoms with Crippen LogP contribution in [0.15, 0.2) is 17.1 Å². The van der Waals surface area contributed by atoms with E-state index in [0.29, 0.717) is 10.7 Å². The van der Waals surface area contributed by atoms with Gasteiger partial charge in [-0.25, -0.2) is 8.78 Å². The number of amidine groups is 1. The quantitative estimate of drug-likeness (QED) is 0.830. The summed E-state index contributed by atoms with van der Waals surface area (Å²) in [4.78, 5) is 4.36. The van der Waals surface area contributed by atoms with Crippen molar-refractivity contribution in [1.82, 2.24) is 0 Å². The lowest BCUT2D eigenvalue weighted by atomic mass is 10.1. The summed E-state index contributed by atoms with van der Waals surface area (Å²) < 4.78 is 27.3. The molecule has 0 radical (unpaired) electrons. The minimum Gasteiger partial charge on any atom is -0.330 e. The molecule has 2 rings (SSSR count). The molecule has 0 fully saturated rings. The molecule has 0 atom stereocenters. The lowest BCUT2D eigenvalue weighted by Gasteiger charge is -2.10. The first-order chi connectivity index (χ1) is 7.89. The van der Waals surface area contributed by atoms with Crippen molar-refractivity contribution >= 4 is 22.6 Å². The van der Waals surface area contributed by atoms with Gasteiger partial charge in [-0.15, -0.1) is 0 Å². The van der Waals surface area contributed by atoms with Crippen LogP contribution in [0.4, 0.5) is 14.5 Å². The fourth-order valence-electron chi connectivity index (χ4n) is 1.53. The molecular formula is C12H14F2N2S. The predicted octanol–water partition coefficient (Wildman–Crippen LogP) is 3.57. The topological polar surface area (TPSA) is 24.4 Å². The first kappa shape index (κ1) is 12.4. The van der Waals surface area contributed by atoms with Crippen molar-refractivity contribution in [2.75, 3.05) is 11.1 Å². The molecule has 17 heavy (non-hydrogen) atoms. The van der Waals surface area contributed by atoms with Gasteiger partial charge in [-0.05, 0) is 32.4 Å². The molecule has 0 bridgehead atoms. The van der Waals surface area contributed by atoms with Crippen LogP contribution in [0.25, 0.3) is 0 Å². The molecule has 1 aliphatic heterocycles. The number of aryl methyl sites for hydroxylation is 1. The maximum Gasteiger partial charge on any atom is 0.161 e. The molecule has 1 heterocycles. The maximum atomic E-state index is 13.7. The molecule has 0 saturated heterocycles. The number of thioether (sulfide) groups is 1. The van der Waals surface area contributed by atoms with E-state index in [1.807, 2.05) is 13.8 Å². The van der Waals surface area contributed by atoms with Crippen LogP contribution in [0.3, 0.4) is 0 Å². The Labute approximate surface area is 104 Å². The monoisotopic (exact) mass is 256 g/mol. The molecule has 92 valence electrons. The van der Waals surface area contributed by atoms with Gasteiger partial charge >= 0.3 is 0 Å². The summed E-state index contributed by atoms with van der Waals surface area (Å²) in [5.74, 6) is -0.344. The molecule has 0 aliphatic carbocycles. The van der Waals surface area contributed by atoms with Gasteiger partial charge in [-0.3, -0.25) is 4.99 Å². The Bertz CT molecular complexity index is 484. The van der Waals surface area contributed by atoms with Gasteiger partial charge in [-0.1, -0.05) is 17.8 Å². The summed E-state index contributed by atoms with van der Waals surface area (Å²) >= 11 is 1.47. The normalized spacial score (nSPS) is 18.1. The number of hydrogen-bond acceptors (Lipinski definition) is 3. The number of hydrogen-bond donors (Lipinski definition) is 1. The van der Waals surface area contributed by atoms with Crippen molar-refractivity contribution in [3.63, 3.8) is 0 Å². The minimum atomic E-state index is -0.596. The highest BCUT2D eigenvalue weighted by atomic mass is 32.2. The van der Waals surface area contributed by atoms with E-state index in [4.69, 9.17) is 0 Å². The van der Waals surface area contributed by atoms with Crippen molar-refractivity contribution in [3.05, 3.63) is 29.3 Å². The van der Waals surface area contributed by atoms with Crippen molar-refractivity contribution in [2.24, 2.45) is 4.99 Å². The van der Waals surface area contributed by atoms with E-state index in [0.717, 1.165) is 5.75 Å². The molecule has 0 amide bonds. The van der Waals surface area contributed by atoms with E-state index in [9.17, 15) is 8.78 Å². The molecule has 1 aromatic rings. The van der Waals surface area contributed by atoms with E-state index < -0.39 is 11.6 Å². The molecule has 5 heteroatoms. The molecular weight excluding hydrogens is 242 g/mol. The molecule has 0 spiro atoms. The zero-order valence-corrected chi connectivity index (χ0v) is 10.8. The highest BCUT2D eigenvalue weighted by molar-refractivity contribution is 8.14. The molecule has 2 nitrogen and oxygen atoms in total. The summed E-state index contributed by atoms with van der Waals surface area (Å²) in [5.41, 5.74) is 0.120. The minimum absolute atomic E-state index is 0.117. The zero-order valence-electron chi connectivity index (χ0n) is 9.97. The molecule has 1 aromatic carbocycles. The van der Waals surface area contributed by atoms with Gasteiger partial charge in [0.25, 0.3) is 0 Å². The Morgan fingerprint density at radius 3 is 2.65 bits per heavy atom. The van der Waals surface area contributed by atoms with E-state index in [-0.39, 0.29) is 11.2 Å². The van der Waals surface area contributed by atoms with Crippen LogP contribution in [-0.2, 0) is 0 Å². The number of halogens is 2. The standard InChI is InChI=1S/C12H14F2N2S/c1-7-4-5-8(13)10(9(7)14)15-11-16-12(2,3)6-17-11/h4-5H,6H2,1-3H3,(H,15,16). The number of rotatable bonds is 1. The first-order valence-electron chi connectivity index (χ1n) is 5.33. The van der Waals surface area contributed by atoms with Crippen LogP contribution in [0, 0.1) is 18.6 Å². The average Bonchev–Trinajstić information content (AvgIpc) is 2.59. The predicted molar refractivity (Wildman–Crippen MR) is 68.7 cm³/mol. The van der Waals surface area contributed by atoms with Crippen LogP contribution in [0.1, 0.15) is 19.4 Å². The van der Waals surface area contributed by atoms with Gasteiger partial charge in [0.05, 0.1) is 5.54 Å². The van der Waals surface area contributed by atoms with Crippen LogP contribution < -0.4 is 5.32 Å².